The molecule has 0 bridgehead atoms. The van der Waals surface area contributed by atoms with Gasteiger partial charge in [-0.15, -0.1) is 0 Å². The summed E-state index contributed by atoms with van der Waals surface area (Å²) in [6.45, 7) is 6.69. The minimum Gasteiger partial charge on any atom is -0.462 e. The van der Waals surface area contributed by atoms with E-state index in [0.717, 1.165) is 57.8 Å². The van der Waals surface area contributed by atoms with E-state index in [2.05, 4.69) is 45.1 Å². The SMILES string of the molecule is CCCCCCCC/C=C\CCCCCCCCCCCCCC(=O)OC[C@H](COC(=O)CCCCCCCCC/C=C\CCCCCCCC)OC(=O)CCCCCCCCCCCCCCCCC. The Morgan fingerprint density at radius 3 is 0.704 bits per heavy atom. The molecular formula is C65H122O6. The molecule has 0 saturated carbocycles. The van der Waals surface area contributed by atoms with Crippen LogP contribution in [0.25, 0.3) is 0 Å². The van der Waals surface area contributed by atoms with Crippen molar-refractivity contribution in [2.75, 3.05) is 13.2 Å². The normalized spacial score (nSPS) is 12.1. The van der Waals surface area contributed by atoms with Crippen LogP contribution in [0.5, 0.6) is 0 Å². The Kier molecular flexibility index (Phi) is 58.6. The van der Waals surface area contributed by atoms with Gasteiger partial charge in [0.1, 0.15) is 13.2 Å². The van der Waals surface area contributed by atoms with Gasteiger partial charge in [0, 0.05) is 19.3 Å². The number of ether oxygens (including phenoxy) is 3. The third kappa shape index (κ3) is 58.7. The van der Waals surface area contributed by atoms with Crippen LogP contribution in [0.2, 0.25) is 0 Å². The molecule has 0 saturated heterocycles. The molecule has 71 heavy (non-hydrogen) atoms. The van der Waals surface area contributed by atoms with E-state index in [9.17, 15) is 14.4 Å². The second-order valence-corrected chi connectivity index (χ2v) is 21.7. The Balaban J connectivity index is 4.29. The zero-order chi connectivity index (χ0) is 51.4. The van der Waals surface area contributed by atoms with Crippen molar-refractivity contribution in [1.82, 2.24) is 0 Å². The van der Waals surface area contributed by atoms with Gasteiger partial charge >= 0.3 is 17.9 Å². The number of unbranched alkanes of at least 4 members (excludes halogenated alkanes) is 44. The first-order valence-electron chi connectivity index (χ1n) is 31.8. The zero-order valence-corrected chi connectivity index (χ0v) is 48.0. The monoisotopic (exact) mass is 999 g/mol. The molecule has 0 amide bonds. The molecule has 6 heteroatoms. The molecule has 0 rings (SSSR count). The molecule has 1 atom stereocenters. The van der Waals surface area contributed by atoms with E-state index >= 15 is 0 Å². The van der Waals surface area contributed by atoms with Crippen molar-refractivity contribution in [2.24, 2.45) is 0 Å². The predicted molar refractivity (Wildman–Crippen MR) is 307 cm³/mol. The predicted octanol–water partition coefficient (Wildman–Crippen LogP) is 21.4. The lowest BCUT2D eigenvalue weighted by molar-refractivity contribution is -0.167. The van der Waals surface area contributed by atoms with Gasteiger partial charge in [-0.2, -0.15) is 0 Å². The number of carbonyl (C=O) groups is 3. The quantitative estimate of drug-likeness (QED) is 0.0261. The molecular weight excluding hydrogens is 877 g/mol. The number of rotatable bonds is 59. The molecule has 0 aromatic carbocycles. The highest BCUT2D eigenvalue weighted by atomic mass is 16.6. The fourth-order valence-electron chi connectivity index (χ4n) is 9.61. The summed E-state index contributed by atoms with van der Waals surface area (Å²) in [7, 11) is 0. The van der Waals surface area contributed by atoms with E-state index in [4.69, 9.17) is 14.2 Å². The minimum absolute atomic E-state index is 0.0679. The Morgan fingerprint density at radius 2 is 0.465 bits per heavy atom. The fraction of sp³-hybridized carbons (Fsp3) is 0.892. The van der Waals surface area contributed by atoms with Gasteiger partial charge < -0.3 is 14.2 Å². The maximum Gasteiger partial charge on any atom is 0.306 e. The van der Waals surface area contributed by atoms with Crippen LogP contribution in [0.1, 0.15) is 355 Å². The number of allylic oxidation sites excluding steroid dienone is 4. The number of carbonyl (C=O) groups excluding carboxylic acids is 3. The second kappa shape index (κ2) is 60.4. The maximum atomic E-state index is 12.9. The van der Waals surface area contributed by atoms with E-state index < -0.39 is 6.10 Å². The highest BCUT2D eigenvalue weighted by Crippen LogP contribution is 2.17. The van der Waals surface area contributed by atoms with Crippen molar-refractivity contribution >= 4 is 17.9 Å². The molecule has 0 aliphatic heterocycles. The molecule has 0 aromatic heterocycles. The summed E-state index contributed by atoms with van der Waals surface area (Å²) >= 11 is 0. The molecule has 0 aromatic rings. The van der Waals surface area contributed by atoms with Gasteiger partial charge in [-0.25, -0.2) is 0 Å². The average Bonchev–Trinajstić information content (AvgIpc) is 3.37. The van der Waals surface area contributed by atoms with Crippen molar-refractivity contribution in [3.05, 3.63) is 24.3 Å². The van der Waals surface area contributed by atoms with Crippen LogP contribution in [-0.4, -0.2) is 37.2 Å². The summed E-state index contributed by atoms with van der Waals surface area (Å²) in [5.41, 5.74) is 0. The molecule has 0 heterocycles. The molecule has 0 spiro atoms. The van der Waals surface area contributed by atoms with Crippen LogP contribution in [-0.2, 0) is 28.6 Å². The van der Waals surface area contributed by atoms with Crippen LogP contribution in [0.4, 0.5) is 0 Å². The lowest BCUT2D eigenvalue weighted by Crippen LogP contribution is -2.30. The average molecular weight is 1000 g/mol. The number of hydrogen-bond donors (Lipinski definition) is 0. The summed E-state index contributed by atoms with van der Waals surface area (Å²) in [6, 6.07) is 0. The summed E-state index contributed by atoms with van der Waals surface area (Å²) in [5.74, 6) is -0.847. The largest absolute Gasteiger partial charge is 0.462 e. The van der Waals surface area contributed by atoms with Crippen molar-refractivity contribution < 1.29 is 28.6 Å². The van der Waals surface area contributed by atoms with E-state index in [0.29, 0.717) is 19.3 Å². The Labute approximate surface area is 443 Å². The third-order valence-electron chi connectivity index (χ3n) is 14.4. The summed E-state index contributed by atoms with van der Waals surface area (Å²) in [4.78, 5) is 38.3. The number of hydrogen-bond acceptors (Lipinski definition) is 6. The topological polar surface area (TPSA) is 78.9 Å². The van der Waals surface area contributed by atoms with Crippen LogP contribution in [0.15, 0.2) is 24.3 Å². The lowest BCUT2D eigenvalue weighted by atomic mass is 10.0. The van der Waals surface area contributed by atoms with Gasteiger partial charge in [0.15, 0.2) is 6.10 Å². The molecule has 0 aliphatic rings. The molecule has 0 aliphatic carbocycles. The van der Waals surface area contributed by atoms with E-state index in [-0.39, 0.29) is 31.1 Å². The Bertz CT molecular complexity index is 1150. The first-order valence-corrected chi connectivity index (χ1v) is 31.8. The molecule has 0 N–H and O–H groups in total. The summed E-state index contributed by atoms with van der Waals surface area (Å²) in [6.07, 6.45) is 71.8. The van der Waals surface area contributed by atoms with Crippen molar-refractivity contribution in [3.8, 4) is 0 Å². The maximum absolute atomic E-state index is 12.9. The van der Waals surface area contributed by atoms with Crippen LogP contribution >= 0.6 is 0 Å². The Morgan fingerprint density at radius 1 is 0.268 bits per heavy atom. The van der Waals surface area contributed by atoms with Gasteiger partial charge in [-0.3, -0.25) is 14.4 Å². The Hall–Kier alpha value is -2.11. The van der Waals surface area contributed by atoms with E-state index in [1.54, 1.807) is 0 Å². The highest BCUT2D eigenvalue weighted by molar-refractivity contribution is 5.71. The van der Waals surface area contributed by atoms with Crippen molar-refractivity contribution in [1.29, 1.82) is 0 Å². The molecule has 0 fully saturated rings. The first-order chi connectivity index (χ1) is 35.0. The van der Waals surface area contributed by atoms with Gasteiger partial charge in [-0.05, 0) is 70.6 Å². The smallest absolute Gasteiger partial charge is 0.306 e. The van der Waals surface area contributed by atoms with Gasteiger partial charge in [-0.1, -0.05) is 289 Å². The molecule has 0 unspecified atom stereocenters. The first kappa shape index (κ1) is 68.9. The van der Waals surface area contributed by atoms with Crippen LogP contribution < -0.4 is 0 Å². The second-order valence-electron chi connectivity index (χ2n) is 21.7. The molecule has 6 nitrogen and oxygen atoms in total. The van der Waals surface area contributed by atoms with Gasteiger partial charge in [0.25, 0.3) is 0 Å². The van der Waals surface area contributed by atoms with Gasteiger partial charge in [0.05, 0.1) is 0 Å². The zero-order valence-electron chi connectivity index (χ0n) is 48.0. The number of esters is 3. The van der Waals surface area contributed by atoms with Crippen LogP contribution in [0, 0.1) is 0 Å². The lowest BCUT2D eigenvalue weighted by Gasteiger charge is -2.18. The highest BCUT2D eigenvalue weighted by Gasteiger charge is 2.19. The van der Waals surface area contributed by atoms with E-state index in [1.807, 2.05) is 0 Å². The molecule has 0 radical (unpaired) electrons. The van der Waals surface area contributed by atoms with Crippen molar-refractivity contribution in [3.63, 3.8) is 0 Å². The summed E-state index contributed by atoms with van der Waals surface area (Å²) in [5, 5.41) is 0. The van der Waals surface area contributed by atoms with Crippen LogP contribution in [0.3, 0.4) is 0 Å². The van der Waals surface area contributed by atoms with Gasteiger partial charge in [0.2, 0.25) is 0 Å². The summed E-state index contributed by atoms with van der Waals surface area (Å²) < 4.78 is 16.9. The third-order valence-corrected chi connectivity index (χ3v) is 14.4. The fourth-order valence-corrected chi connectivity index (χ4v) is 9.61. The van der Waals surface area contributed by atoms with Crippen molar-refractivity contribution in [2.45, 2.75) is 361 Å². The molecule has 418 valence electrons. The van der Waals surface area contributed by atoms with E-state index in [1.165, 1.54) is 257 Å². The minimum atomic E-state index is -0.770. The standard InChI is InChI=1S/C65H122O6/c1-4-7-10-13-16-19-22-25-28-30-31-32-33-35-38-40-43-46-49-52-55-58-64(67)70-61-62(71-65(68)59-56-53-50-47-44-41-36-27-24-21-18-15-12-9-6-3)60-69-63(66)57-54-51-48-45-42-39-37-34-29-26-23-20-17-14-11-8-5-2/h25-26,28-29,62H,4-24,27,30-61H2,1-3H3/b28-25-,29-26-/t62-/m0/s1.